The van der Waals surface area contributed by atoms with Crippen LogP contribution in [0, 0.1) is 0 Å². The number of carbonyl (C=O) groups is 2. The van der Waals surface area contributed by atoms with Gasteiger partial charge in [-0.1, -0.05) is 0 Å². The second kappa shape index (κ2) is 7.61. The highest BCUT2D eigenvalue weighted by Gasteiger charge is 2.13. The lowest BCUT2D eigenvalue weighted by Crippen LogP contribution is -2.04. The first kappa shape index (κ1) is 17.5. The van der Waals surface area contributed by atoms with Gasteiger partial charge in [0.05, 0.1) is 28.0 Å². The van der Waals surface area contributed by atoms with E-state index in [-0.39, 0.29) is 23.7 Å². The Balaban J connectivity index is 2.30. The molecule has 1 N–H and O–H groups in total. The fraction of sp³-hybridized carbons (Fsp3) is 0.125. The predicted molar refractivity (Wildman–Crippen MR) is 91.1 cm³/mol. The lowest BCUT2D eigenvalue weighted by atomic mass is 10.1. The summed E-state index contributed by atoms with van der Waals surface area (Å²) in [5.41, 5.74) is 0.888. The third-order valence-electron chi connectivity index (χ3n) is 2.98. The van der Waals surface area contributed by atoms with E-state index in [0.29, 0.717) is 26.7 Å². The number of phenols is 1. The molecule has 0 saturated carbocycles. The first-order valence-corrected chi connectivity index (χ1v) is 8.04. The van der Waals surface area contributed by atoms with E-state index < -0.39 is 0 Å². The van der Waals surface area contributed by atoms with Gasteiger partial charge in [-0.3, -0.25) is 9.59 Å². The van der Waals surface area contributed by atoms with Crippen molar-refractivity contribution in [3.63, 3.8) is 0 Å². The molecule has 7 heteroatoms. The van der Waals surface area contributed by atoms with E-state index in [2.05, 4.69) is 36.6 Å². The number of aromatic hydroxyl groups is 1. The third kappa shape index (κ3) is 4.33. The molecule has 0 atom stereocenters. The summed E-state index contributed by atoms with van der Waals surface area (Å²) in [6, 6.07) is 7.86. The van der Waals surface area contributed by atoms with Crippen LogP contribution in [0.2, 0.25) is 0 Å². The van der Waals surface area contributed by atoms with Crippen LogP contribution in [0.5, 0.6) is 17.2 Å². The number of hydrogen-bond donors (Lipinski definition) is 1. The van der Waals surface area contributed by atoms with Crippen LogP contribution in [0.3, 0.4) is 0 Å². The molecule has 0 aliphatic rings. The van der Waals surface area contributed by atoms with Crippen LogP contribution in [-0.2, 0) is 16.0 Å². The van der Waals surface area contributed by atoms with Crippen molar-refractivity contribution in [1.29, 1.82) is 0 Å². The number of phenolic OH excluding ortho intramolecular Hbond substituents is 1. The fourth-order valence-electron chi connectivity index (χ4n) is 1.86. The molecule has 0 aromatic heterocycles. The minimum Gasteiger partial charge on any atom is -0.507 e. The molecule has 0 saturated heterocycles. The van der Waals surface area contributed by atoms with Gasteiger partial charge in [-0.05, 0) is 67.8 Å². The molecule has 5 nitrogen and oxygen atoms in total. The first-order valence-electron chi connectivity index (χ1n) is 6.45. The van der Waals surface area contributed by atoms with Crippen molar-refractivity contribution in [3.05, 3.63) is 50.4 Å². The molecule has 0 fully saturated rings. The van der Waals surface area contributed by atoms with Crippen molar-refractivity contribution in [2.45, 2.75) is 6.42 Å². The van der Waals surface area contributed by atoms with E-state index >= 15 is 0 Å². The minimum atomic E-state index is -0.341. The Kier molecular flexibility index (Phi) is 5.79. The maximum Gasteiger partial charge on any atom is 0.309 e. The predicted octanol–water partition coefficient (Wildman–Crippen LogP) is 4.24. The van der Waals surface area contributed by atoms with E-state index in [4.69, 9.17) is 4.74 Å². The zero-order valence-corrected chi connectivity index (χ0v) is 15.2. The molecular weight excluding hydrogens is 432 g/mol. The number of rotatable bonds is 5. The Morgan fingerprint density at radius 2 is 1.87 bits per heavy atom. The van der Waals surface area contributed by atoms with Crippen LogP contribution < -0.4 is 4.74 Å². The highest BCUT2D eigenvalue weighted by Crippen LogP contribution is 2.38. The summed E-state index contributed by atoms with van der Waals surface area (Å²) >= 11 is 6.78. The van der Waals surface area contributed by atoms with E-state index in [0.717, 1.165) is 5.56 Å². The topological polar surface area (TPSA) is 72.8 Å². The van der Waals surface area contributed by atoms with Crippen molar-refractivity contribution < 1.29 is 24.2 Å². The molecule has 2 aromatic rings. The molecule has 0 aliphatic heterocycles. The lowest BCUT2D eigenvalue weighted by Gasteiger charge is -2.12. The molecule has 0 heterocycles. The number of methoxy groups -OCH3 is 1. The van der Waals surface area contributed by atoms with E-state index in [1.807, 2.05) is 0 Å². The fourth-order valence-corrected chi connectivity index (χ4v) is 3.30. The van der Waals surface area contributed by atoms with Crippen LogP contribution in [0.1, 0.15) is 15.9 Å². The van der Waals surface area contributed by atoms with Crippen LogP contribution >= 0.6 is 31.9 Å². The second-order valence-electron chi connectivity index (χ2n) is 4.58. The van der Waals surface area contributed by atoms with Gasteiger partial charge in [0.2, 0.25) is 0 Å². The number of hydrogen-bond acceptors (Lipinski definition) is 5. The van der Waals surface area contributed by atoms with Gasteiger partial charge in [0, 0.05) is 0 Å². The van der Waals surface area contributed by atoms with E-state index in [1.54, 1.807) is 18.2 Å². The molecular formula is C16H12Br2O5. The van der Waals surface area contributed by atoms with Gasteiger partial charge in [0.15, 0.2) is 12.0 Å². The van der Waals surface area contributed by atoms with Gasteiger partial charge in [-0.2, -0.15) is 0 Å². The van der Waals surface area contributed by atoms with E-state index in [1.165, 1.54) is 19.2 Å². The van der Waals surface area contributed by atoms with Crippen LogP contribution in [0.25, 0.3) is 0 Å². The van der Waals surface area contributed by atoms with Gasteiger partial charge in [-0.25, -0.2) is 0 Å². The zero-order chi connectivity index (χ0) is 17.0. The number of ether oxygens (including phenoxy) is 2. The van der Waals surface area contributed by atoms with Gasteiger partial charge in [0.1, 0.15) is 11.5 Å². The molecule has 0 unspecified atom stereocenters. The molecule has 0 bridgehead atoms. The summed E-state index contributed by atoms with van der Waals surface area (Å²) in [6.45, 7) is 0. The summed E-state index contributed by atoms with van der Waals surface area (Å²) in [5, 5.41) is 9.50. The van der Waals surface area contributed by atoms with E-state index in [9.17, 15) is 14.7 Å². The maximum absolute atomic E-state index is 11.3. The van der Waals surface area contributed by atoms with Crippen molar-refractivity contribution in [2.24, 2.45) is 0 Å². The van der Waals surface area contributed by atoms with Gasteiger partial charge in [0.25, 0.3) is 0 Å². The molecule has 2 rings (SSSR count). The highest BCUT2D eigenvalue weighted by molar-refractivity contribution is 9.11. The standard InChI is InChI=1S/C16H12Br2O5/c1-22-15(21)6-9-4-12(17)16(13(18)5-9)23-11-2-3-14(20)10(7-11)8-19/h2-5,7-8,20H,6H2,1H3. The first-order chi connectivity index (χ1) is 10.9. The van der Waals surface area contributed by atoms with Gasteiger partial charge < -0.3 is 14.6 Å². The Labute approximate surface area is 149 Å². The average molecular weight is 444 g/mol. The third-order valence-corrected chi connectivity index (χ3v) is 4.16. The molecule has 0 amide bonds. The summed E-state index contributed by atoms with van der Waals surface area (Å²) in [6.07, 6.45) is 0.689. The minimum absolute atomic E-state index is 0.112. The molecule has 2 aromatic carbocycles. The lowest BCUT2D eigenvalue weighted by molar-refractivity contribution is -0.139. The average Bonchev–Trinajstić information content (AvgIpc) is 2.52. The number of carbonyl (C=O) groups excluding carboxylic acids is 2. The Morgan fingerprint density at radius 1 is 1.22 bits per heavy atom. The van der Waals surface area contributed by atoms with Crippen molar-refractivity contribution in [2.75, 3.05) is 7.11 Å². The normalized spacial score (nSPS) is 10.2. The van der Waals surface area contributed by atoms with Crippen molar-refractivity contribution in [1.82, 2.24) is 0 Å². The number of aldehydes is 1. The summed E-state index contributed by atoms with van der Waals surface area (Å²) in [5.74, 6) is 0.429. The Bertz CT molecular complexity index is 735. The smallest absolute Gasteiger partial charge is 0.309 e. The SMILES string of the molecule is COC(=O)Cc1cc(Br)c(Oc2ccc(O)c(C=O)c2)c(Br)c1. The Morgan fingerprint density at radius 3 is 2.43 bits per heavy atom. The second-order valence-corrected chi connectivity index (χ2v) is 6.29. The van der Waals surface area contributed by atoms with Crippen LogP contribution in [0.4, 0.5) is 0 Å². The number of benzene rings is 2. The molecule has 0 aliphatic carbocycles. The van der Waals surface area contributed by atoms with Gasteiger partial charge in [-0.15, -0.1) is 0 Å². The highest BCUT2D eigenvalue weighted by atomic mass is 79.9. The number of esters is 1. The van der Waals surface area contributed by atoms with Crippen LogP contribution in [-0.4, -0.2) is 24.5 Å². The summed E-state index contributed by atoms with van der Waals surface area (Å²) < 4.78 is 11.6. The van der Waals surface area contributed by atoms with Crippen molar-refractivity contribution >= 4 is 44.1 Å². The summed E-state index contributed by atoms with van der Waals surface area (Å²) in [7, 11) is 1.33. The monoisotopic (exact) mass is 442 g/mol. The molecule has 23 heavy (non-hydrogen) atoms. The molecule has 0 radical (unpaired) electrons. The molecule has 0 spiro atoms. The van der Waals surface area contributed by atoms with Crippen molar-refractivity contribution in [3.8, 4) is 17.2 Å². The maximum atomic E-state index is 11.3. The largest absolute Gasteiger partial charge is 0.507 e. The quantitative estimate of drug-likeness (QED) is 0.552. The van der Waals surface area contributed by atoms with Gasteiger partial charge >= 0.3 is 5.97 Å². The Hall–Kier alpha value is -1.86. The number of halogens is 2. The van der Waals surface area contributed by atoms with Crippen LogP contribution in [0.15, 0.2) is 39.3 Å². The zero-order valence-electron chi connectivity index (χ0n) is 12.0. The summed E-state index contributed by atoms with van der Waals surface area (Å²) in [4.78, 5) is 22.2. The molecule has 120 valence electrons.